The topological polar surface area (TPSA) is 23.5 Å². The average Bonchev–Trinajstić information content (AvgIpc) is 2.44. The molecule has 78 valence electrons. The van der Waals surface area contributed by atoms with Gasteiger partial charge in [-0.3, -0.25) is 4.90 Å². The predicted octanol–water partition coefficient (Wildman–Crippen LogP) is 1.73. The third-order valence-corrected chi connectivity index (χ3v) is 3.57. The summed E-state index contributed by atoms with van der Waals surface area (Å²) in [4.78, 5) is 2.42. The molecule has 0 radical (unpaired) electrons. The van der Waals surface area contributed by atoms with Crippen LogP contribution in [-0.2, 0) is 0 Å². The molecule has 4 atom stereocenters. The van der Waals surface area contributed by atoms with Crippen molar-refractivity contribution in [2.75, 3.05) is 13.1 Å². The second kappa shape index (κ2) is 4.43. The van der Waals surface area contributed by atoms with Gasteiger partial charge in [0.05, 0.1) is 6.10 Å². The third-order valence-electron chi connectivity index (χ3n) is 3.57. The second-order valence-electron chi connectivity index (χ2n) is 4.62. The van der Waals surface area contributed by atoms with E-state index in [1.54, 1.807) is 0 Å². The van der Waals surface area contributed by atoms with E-state index < -0.39 is 0 Å². The Labute approximate surface area is 81.9 Å². The van der Waals surface area contributed by atoms with Crippen molar-refractivity contribution in [3.63, 3.8) is 0 Å². The van der Waals surface area contributed by atoms with Crippen molar-refractivity contribution in [1.82, 2.24) is 4.90 Å². The fourth-order valence-corrected chi connectivity index (χ4v) is 2.09. The van der Waals surface area contributed by atoms with Crippen molar-refractivity contribution in [2.45, 2.75) is 46.3 Å². The molecule has 4 unspecified atom stereocenters. The van der Waals surface area contributed by atoms with Crippen LogP contribution in [0.4, 0.5) is 0 Å². The maximum Gasteiger partial charge on any atom is 0.0690 e. The molecule has 0 aromatic carbocycles. The molecule has 2 nitrogen and oxygen atoms in total. The number of hydrogen-bond acceptors (Lipinski definition) is 2. The van der Waals surface area contributed by atoms with E-state index in [1.165, 1.54) is 0 Å². The van der Waals surface area contributed by atoms with Crippen LogP contribution in [0, 0.1) is 11.8 Å². The number of hydrogen-bond donors (Lipinski definition) is 1. The molecule has 0 aromatic heterocycles. The van der Waals surface area contributed by atoms with Gasteiger partial charge in [0.15, 0.2) is 0 Å². The quantitative estimate of drug-likeness (QED) is 0.724. The molecule has 1 rings (SSSR count). The minimum absolute atomic E-state index is 0.155. The van der Waals surface area contributed by atoms with Crippen molar-refractivity contribution in [3.05, 3.63) is 0 Å². The number of rotatable bonds is 3. The molecule has 1 aliphatic heterocycles. The average molecular weight is 185 g/mol. The summed E-state index contributed by atoms with van der Waals surface area (Å²) in [7, 11) is 0. The van der Waals surface area contributed by atoms with Gasteiger partial charge >= 0.3 is 0 Å². The summed E-state index contributed by atoms with van der Waals surface area (Å²) in [5.41, 5.74) is 0. The fraction of sp³-hybridized carbons (Fsp3) is 1.00. The van der Waals surface area contributed by atoms with E-state index in [2.05, 4.69) is 25.7 Å². The minimum Gasteiger partial charge on any atom is -0.392 e. The predicted molar refractivity (Wildman–Crippen MR) is 55.7 cm³/mol. The van der Waals surface area contributed by atoms with Gasteiger partial charge in [-0.25, -0.2) is 0 Å². The van der Waals surface area contributed by atoms with Gasteiger partial charge in [-0.15, -0.1) is 0 Å². The first-order chi connectivity index (χ1) is 6.06. The van der Waals surface area contributed by atoms with Crippen LogP contribution in [-0.4, -0.2) is 35.2 Å². The van der Waals surface area contributed by atoms with Gasteiger partial charge in [0.1, 0.15) is 0 Å². The molecule has 1 N–H and O–H groups in total. The third kappa shape index (κ3) is 2.44. The van der Waals surface area contributed by atoms with Crippen LogP contribution in [0.2, 0.25) is 0 Å². The highest BCUT2D eigenvalue weighted by molar-refractivity contribution is 4.84. The van der Waals surface area contributed by atoms with Gasteiger partial charge in [0, 0.05) is 19.1 Å². The van der Waals surface area contributed by atoms with Crippen molar-refractivity contribution in [1.29, 1.82) is 0 Å². The molecule has 0 aromatic rings. The maximum atomic E-state index is 9.72. The van der Waals surface area contributed by atoms with Crippen LogP contribution in [0.1, 0.15) is 34.1 Å². The molecule has 0 saturated carbocycles. The summed E-state index contributed by atoms with van der Waals surface area (Å²) in [6, 6.07) is 0.331. The van der Waals surface area contributed by atoms with E-state index in [0.717, 1.165) is 31.3 Å². The number of nitrogens with zero attached hydrogens (tertiary/aromatic N) is 1. The van der Waals surface area contributed by atoms with E-state index in [4.69, 9.17) is 0 Å². The van der Waals surface area contributed by atoms with Crippen molar-refractivity contribution in [2.24, 2.45) is 11.8 Å². The lowest BCUT2D eigenvalue weighted by molar-refractivity contribution is 0.0664. The smallest absolute Gasteiger partial charge is 0.0690 e. The SMILES string of the molecule is CCC(O)C(C)N1CC(C)C(C)C1. The molecule has 1 fully saturated rings. The van der Waals surface area contributed by atoms with Gasteiger partial charge < -0.3 is 5.11 Å². The zero-order valence-electron chi connectivity index (χ0n) is 9.33. The lowest BCUT2D eigenvalue weighted by Gasteiger charge is -2.28. The molecule has 1 heterocycles. The highest BCUT2D eigenvalue weighted by atomic mass is 16.3. The monoisotopic (exact) mass is 185 g/mol. The van der Waals surface area contributed by atoms with Crippen molar-refractivity contribution < 1.29 is 5.11 Å². The number of aliphatic hydroxyl groups excluding tert-OH is 1. The van der Waals surface area contributed by atoms with Crippen molar-refractivity contribution >= 4 is 0 Å². The molecular formula is C11H23NO. The lowest BCUT2D eigenvalue weighted by atomic mass is 10.0. The highest BCUT2D eigenvalue weighted by Crippen LogP contribution is 2.25. The summed E-state index contributed by atoms with van der Waals surface area (Å²) in [5.74, 6) is 1.57. The zero-order valence-corrected chi connectivity index (χ0v) is 9.33. The van der Waals surface area contributed by atoms with Crippen LogP contribution in [0.5, 0.6) is 0 Å². The van der Waals surface area contributed by atoms with E-state index >= 15 is 0 Å². The molecule has 0 spiro atoms. The van der Waals surface area contributed by atoms with Gasteiger partial charge in [-0.05, 0) is 25.2 Å². The highest BCUT2D eigenvalue weighted by Gasteiger charge is 2.31. The number of aliphatic hydroxyl groups is 1. The molecule has 0 amide bonds. The van der Waals surface area contributed by atoms with E-state index in [9.17, 15) is 5.11 Å². The van der Waals surface area contributed by atoms with Crippen LogP contribution < -0.4 is 0 Å². The Kier molecular flexibility index (Phi) is 3.74. The normalized spacial score (nSPS) is 34.8. The van der Waals surface area contributed by atoms with Crippen LogP contribution in [0.15, 0.2) is 0 Å². The molecule has 13 heavy (non-hydrogen) atoms. The molecule has 0 aliphatic carbocycles. The first-order valence-electron chi connectivity index (χ1n) is 5.48. The Bertz CT molecular complexity index is 150. The Balaban J connectivity index is 2.45. The Morgan fingerprint density at radius 3 is 2.15 bits per heavy atom. The molecular weight excluding hydrogens is 162 g/mol. The largest absolute Gasteiger partial charge is 0.392 e. The summed E-state index contributed by atoms with van der Waals surface area (Å²) < 4.78 is 0. The Morgan fingerprint density at radius 1 is 1.31 bits per heavy atom. The van der Waals surface area contributed by atoms with Crippen LogP contribution in [0.25, 0.3) is 0 Å². The summed E-state index contributed by atoms with van der Waals surface area (Å²) in [5, 5.41) is 9.72. The lowest BCUT2D eigenvalue weighted by Crippen LogP contribution is -2.40. The van der Waals surface area contributed by atoms with Gasteiger partial charge in [-0.2, -0.15) is 0 Å². The number of likely N-dealkylation sites (tertiary alicyclic amines) is 1. The molecule has 1 aliphatic rings. The van der Waals surface area contributed by atoms with E-state index in [-0.39, 0.29) is 6.10 Å². The first-order valence-corrected chi connectivity index (χ1v) is 5.48. The standard InChI is InChI=1S/C11H23NO/c1-5-11(13)10(4)12-6-8(2)9(3)7-12/h8-11,13H,5-7H2,1-4H3. The summed E-state index contributed by atoms with van der Waals surface area (Å²) >= 11 is 0. The van der Waals surface area contributed by atoms with Crippen molar-refractivity contribution in [3.8, 4) is 0 Å². The minimum atomic E-state index is -0.155. The van der Waals surface area contributed by atoms with E-state index in [0.29, 0.717) is 6.04 Å². The fourth-order valence-electron chi connectivity index (χ4n) is 2.09. The molecule has 1 saturated heterocycles. The summed E-state index contributed by atoms with van der Waals surface area (Å²) in [6.45, 7) is 11.1. The Morgan fingerprint density at radius 2 is 1.77 bits per heavy atom. The van der Waals surface area contributed by atoms with Gasteiger partial charge in [0.2, 0.25) is 0 Å². The first kappa shape index (κ1) is 11.0. The van der Waals surface area contributed by atoms with Crippen LogP contribution in [0.3, 0.4) is 0 Å². The molecule has 0 bridgehead atoms. The molecule has 2 heteroatoms. The summed E-state index contributed by atoms with van der Waals surface area (Å²) in [6.07, 6.45) is 0.706. The zero-order chi connectivity index (χ0) is 10.0. The van der Waals surface area contributed by atoms with E-state index in [1.807, 2.05) is 6.92 Å². The second-order valence-corrected chi connectivity index (χ2v) is 4.62. The van der Waals surface area contributed by atoms with Crippen LogP contribution >= 0.6 is 0 Å². The van der Waals surface area contributed by atoms with Gasteiger partial charge in [-0.1, -0.05) is 20.8 Å². The van der Waals surface area contributed by atoms with Gasteiger partial charge in [0.25, 0.3) is 0 Å². The Hall–Kier alpha value is -0.0800. The maximum absolute atomic E-state index is 9.72.